The van der Waals surface area contributed by atoms with Crippen molar-refractivity contribution in [1.82, 2.24) is 0 Å². The van der Waals surface area contributed by atoms with E-state index in [1.807, 2.05) is 6.92 Å². The average molecular weight is 222 g/mol. The van der Waals surface area contributed by atoms with Crippen LogP contribution in [0.1, 0.15) is 40.5 Å². The second-order valence-electron chi connectivity index (χ2n) is 3.39. The van der Waals surface area contributed by atoms with Crippen LogP contribution in [-0.2, 0) is 0 Å². The Hall–Kier alpha value is -1.84. The number of benzene rings is 1. The molecule has 0 saturated carbocycles. The number of carbonyl (C=O) groups excluding carboxylic acids is 2. The summed E-state index contributed by atoms with van der Waals surface area (Å²) >= 11 is 0. The van der Waals surface area contributed by atoms with Gasteiger partial charge in [0.1, 0.15) is 11.5 Å². The fraction of sp³-hybridized carbons (Fsp3) is 0.333. The molecule has 1 aromatic rings. The molecule has 1 rings (SSSR count). The number of phenols is 1. The van der Waals surface area contributed by atoms with Gasteiger partial charge in [0, 0.05) is 0 Å². The molecule has 0 atom stereocenters. The van der Waals surface area contributed by atoms with Crippen molar-refractivity contribution in [2.24, 2.45) is 0 Å². The van der Waals surface area contributed by atoms with E-state index < -0.39 is 0 Å². The Morgan fingerprint density at radius 1 is 1.25 bits per heavy atom. The lowest BCUT2D eigenvalue weighted by Gasteiger charge is -2.08. The second-order valence-corrected chi connectivity index (χ2v) is 3.39. The predicted octanol–water partition coefficient (Wildman–Crippen LogP) is 2.20. The minimum Gasteiger partial charge on any atom is -0.506 e. The molecule has 0 fully saturated rings. The molecule has 1 N–H and O–H groups in total. The first kappa shape index (κ1) is 12.2. The van der Waals surface area contributed by atoms with Crippen molar-refractivity contribution < 1.29 is 19.4 Å². The van der Waals surface area contributed by atoms with Gasteiger partial charge in [-0.3, -0.25) is 9.59 Å². The molecule has 0 aromatic heterocycles. The maximum Gasteiger partial charge on any atom is 0.153 e. The second kappa shape index (κ2) is 5.90. The monoisotopic (exact) mass is 222 g/mol. The highest BCUT2D eigenvalue weighted by Crippen LogP contribution is 2.26. The summed E-state index contributed by atoms with van der Waals surface area (Å²) < 4.78 is 5.36. The molecule has 0 amide bonds. The average Bonchev–Trinajstić information content (AvgIpc) is 2.31. The first-order valence-electron chi connectivity index (χ1n) is 5.13. The minimum absolute atomic E-state index is 0.0658. The summed E-state index contributed by atoms with van der Waals surface area (Å²) in [4.78, 5) is 21.3. The van der Waals surface area contributed by atoms with Crippen LogP contribution in [0.4, 0.5) is 0 Å². The summed E-state index contributed by atoms with van der Waals surface area (Å²) in [6.07, 6.45) is 2.89. The number of phenolic OH excluding ortho intramolecular Hbond substituents is 1. The molecular weight excluding hydrogens is 208 g/mol. The van der Waals surface area contributed by atoms with Crippen molar-refractivity contribution in [2.45, 2.75) is 19.8 Å². The third kappa shape index (κ3) is 2.82. The standard InChI is InChI=1S/C12H14O4/c1-2-3-4-16-11-5-9(7-13)12(15)10(6-11)8-14/h5-8,15H,2-4H2,1H3. The number of rotatable bonds is 6. The molecular formula is C12H14O4. The number of hydrogen-bond donors (Lipinski definition) is 1. The van der Waals surface area contributed by atoms with Gasteiger partial charge >= 0.3 is 0 Å². The Labute approximate surface area is 93.9 Å². The topological polar surface area (TPSA) is 63.6 Å². The molecule has 0 heterocycles. The number of ether oxygens (including phenoxy) is 1. The van der Waals surface area contributed by atoms with E-state index in [2.05, 4.69) is 0 Å². The fourth-order valence-electron chi connectivity index (χ4n) is 1.25. The zero-order chi connectivity index (χ0) is 12.0. The summed E-state index contributed by atoms with van der Waals surface area (Å²) in [6.45, 7) is 2.56. The molecule has 0 radical (unpaired) electrons. The number of aldehydes is 2. The van der Waals surface area contributed by atoms with Gasteiger partial charge in [0.05, 0.1) is 17.7 Å². The highest BCUT2D eigenvalue weighted by molar-refractivity contribution is 5.89. The van der Waals surface area contributed by atoms with E-state index in [1.165, 1.54) is 12.1 Å². The molecule has 86 valence electrons. The summed E-state index contributed by atoms with van der Waals surface area (Å²) in [5.41, 5.74) is 0.132. The molecule has 1 aromatic carbocycles. The van der Waals surface area contributed by atoms with Crippen molar-refractivity contribution in [1.29, 1.82) is 0 Å². The highest BCUT2D eigenvalue weighted by atomic mass is 16.5. The van der Waals surface area contributed by atoms with E-state index in [4.69, 9.17) is 4.74 Å². The smallest absolute Gasteiger partial charge is 0.153 e. The largest absolute Gasteiger partial charge is 0.506 e. The van der Waals surface area contributed by atoms with Gasteiger partial charge in [-0.15, -0.1) is 0 Å². The summed E-state index contributed by atoms with van der Waals surface area (Å²) in [5.74, 6) is 0.128. The van der Waals surface area contributed by atoms with Crippen LogP contribution in [0.3, 0.4) is 0 Å². The SMILES string of the molecule is CCCCOc1cc(C=O)c(O)c(C=O)c1. The van der Waals surface area contributed by atoms with Crippen LogP contribution < -0.4 is 4.74 Å². The van der Waals surface area contributed by atoms with Crippen LogP contribution >= 0.6 is 0 Å². The summed E-state index contributed by atoms with van der Waals surface area (Å²) in [5, 5.41) is 9.47. The Morgan fingerprint density at radius 2 is 1.81 bits per heavy atom. The van der Waals surface area contributed by atoms with E-state index in [-0.39, 0.29) is 16.9 Å². The van der Waals surface area contributed by atoms with Crippen LogP contribution in [0, 0.1) is 0 Å². The van der Waals surface area contributed by atoms with Crippen LogP contribution in [-0.4, -0.2) is 24.3 Å². The first-order chi connectivity index (χ1) is 7.72. The van der Waals surface area contributed by atoms with Gasteiger partial charge < -0.3 is 9.84 Å². The van der Waals surface area contributed by atoms with Gasteiger partial charge in [0.25, 0.3) is 0 Å². The number of aromatic hydroxyl groups is 1. The molecule has 16 heavy (non-hydrogen) atoms. The molecule has 0 bridgehead atoms. The lowest BCUT2D eigenvalue weighted by molar-refractivity contribution is 0.111. The van der Waals surface area contributed by atoms with Crippen molar-refractivity contribution >= 4 is 12.6 Å². The van der Waals surface area contributed by atoms with Crippen LogP contribution in [0.5, 0.6) is 11.5 Å². The third-order valence-corrected chi connectivity index (χ3v) is 2.16. The number of hydrogen-bond acceptors (Lipinski definition) is 4. The van der Waals surface area contributed by atoms with E-state index in [0.717, 1.165) is 12.8 Å². The zero-order valence-electron chi connectivity index (χ0n) is 9.10. The molecule has 0 aliphatic rings. The predicted molar refractivity (Wildman–Crippen MR) is 59.3 cm³/mol. The molecule has 0 aliphatic carbocycles. The Balaban J connectivity index is 2.93. The van der Waals surface area contributed by atoms with E-state index in [0.29, 0.717) is 24.9 Å². The maximum atomic E-state index is 10.6. The van der Waals surface area contributed by atoms with E-state index >= 15 is 0 Å². The summed E-state index contributed by atoms with van der Waals surface area (Å²) in [6, 6.07) is 2.84. The quantitative estimate of drug-likeness (QED) is 0.592. The molecule has 0 saturated heterocycles. The van der Waals surface area contributed by atoms with Crippen molar-refractivity contribution in [3.63, 3.8) is 0 Å². The maximum absolute atomic E-state index is 10.6. The van der Waals surface area contributed by atoms with Crippen LogP contribution in [0.15, 0.2) is 12.1 Å². The van der Waals surface area contributed by atoms with Gasteiger partial charge in [-0.05, 0) is 18.6 Å². The van der Waals surface area contributed by atoms with Gasteiger partial charge in [-0.25, -0.2) is 0 Å². The molecule has 0 spiro atoms. The Kier molecular flexibility index (Phi) is 4.51. The third-order valence-electron chi connectivity index (χ3n) is 2.16. The Morgan fingerprint density at radius 3 is 2.25 bits per heavy atom. The number of carbonyl (C=O) groups is 2. The van der Waals surface area contributed by atoms with Crippen LogP contribution in [0.2, 0.25) is 0 Å². The lowest BCUT2D eigenvalue weighted by atomic mass is 10.1. The molecule has 4 heteroatoms. The van der Waals surface area contributed by atoms with Crippen molar-refractivity contribution in [3.05, 3.63) is 23.3 Å². The molecule has 4 nitrogen and oxygen atoms in total. The molecule has 0 unspecified atom stereocenters. The first-order valence-corrected chi connectivity index (χ1v) is 5.13. The van der Waals surface area contributed by atoms with Gasteiger partial charge in [0.15, 0.2) is 12.6 Å². The van der Waals surface area contributed by atoms with Gasteiger partial charge in [0.2, 0.25) is 0 Å². The van der Waals surface area contributed by atoms with E-state index in [9.17, 15) is 14.7 Å². The highest BCUT2D eigenvalue weighted by Gasteiger charge is 2.09. The zero-order valence-corrected chi connectivity index (χ0v) is 9.10. The fourth-order valence-corrected chi connectivity index (χ4v) is 1.25. The van der Waals surface area contributed by atoms with E-state index in [1.54, 1.807) is 0 Å². The lowest BCUT2D eigenvalue weighted by Crippen LogP contribution is -1.98. The molecule has 0 aliphatic heterocycles. The Bertz CT molecular complexity index is 356. The van der Waals surface area contributed by atoms with Gasteiger partial charge in [-0.2, -0.15) is 0 Å². The minimum atomic E-state index is -0.298. The summed E-state index contributed by atoms with van der Waals surface area (Å²) in [7, 11) is 0. The van der Waals surface area contributed by atoms with Crippen LogP contribution in [0.25, 0.3) is 0 Å². The van der Waals surface area contributed by atoms with Crippen molar-refractivity contribution in [2.75, 3.05) is 6.61 Å². The van der Waals surface area contributed by atoms with Gasteiger partial charge in [-0.1, -0.05) is 13.3 Å². The number of unbranched alkanes of at least 4 members (excludes halogenated alkanes) is 1. The van der Waals surface area contributed by atoms with Crippen molar-refractivity contribution in [3.8, 4) is 11.5 Å². The normalized spacial score (nSPS) is 9.81.